The molecule has 0 bridgehead atoms. The SMILES string of the molecule is O=C(CSc1cccc(NC(=O)/C(=C/c2ccco2)NC(=O)c2ccccc2)c1)Nc1nc2ccccc2s1. The molecular formula is C29H22N4O4S2. The van der Waals surface area contributed by atoms with Crippen LogP contribution in [0.25, 0.3) is 16.3 Å². The van der Waals surface area contributed by atoms with Gasteiger partial charge in [0.15, 0.2) is 5.13 Å². The first-order chi connectivity index (χ1) is 19.0. The third kappa shape index (κ3) is 7.01. The Labute approximate surface area is 232 Å². The van der Waals surface area contributed by atoms with Crippen molar-refractivity contribution >= 4 is 67.9 Å². The number of nitrogens with one attached hydrogen (secondary N) is 3. The molecule has 5 aromatic rings. The third-order valence-corrected chi connectivity index (χ3v) is 7.31. The summed E-state index contributed by atoms with van der Waals surface area (Å²) >= 11 is 2.75. The molecule has 0 fully saturated rings. The standard InChI is InChI=1S/C29H22N4O4S2/c34-26(33-29-32-23-13-4-5-14-25(23)39-29)18-38-22-12-6-10-20(16-22)30-28(36)24(17-21-11-7-15-37-21)31-27(35)19-8-2-1-3-9-19/h1-17H,18H2,(H,30,36)(H,31,35)(H,32,33,34)/b24-17-. The Bertz CT molecular complexity index is 1610. The Morgan fingerprint density at radius 3 is 2.51 bits per heavy atom. The maximum atomic E-state index is 13.1. The number of thiazole rings is 1. The first-order valence-electron chi connectivity index (χ1n) is 11.8. The van der Waals surface area contributed by atoms with Gasteiger partial charge in [0.05, 0.1) is 22.2 Å². The maximum Gasteiger partial charge on any atom is 0.272 e. The van der Waals surface area contributed by atoms with Gasteiger partial charge in [-0.15, -0.1) is 11.8 Å². The summed E-state index contributed by atoms with van der Waals surface area (Å²) in [5.41, 5.74) is 1.79. The summed E-state index contributed by atoms with van der Waals surface area (Å²) in [6.45, 7) is 0. The Morgan fingerprint density at radius 1 is 0.897 bits per heavy atom. The summed E-state index contributed by atoms with van der Waals surface area (Å²) in [6.07, 6.45) is 2.94. The van der Waals surface area contributed by atoms with Crippen LogP contribution in [-0.2, 0) is 9.59 Å². The van der Waals surface area contributed by atoms with Crippen molar-refractivity contribution in [2.45, 2.75) is 4.90 Å². The van der Waals surface area contributed by atoms with Gasteiger partial charge in [0.1, 0.15) is 11.5 Å². The lowest BCUT2D eigenvalue weighted by molar-refractivity contribution is -0.114. The van der Waals surface area contributed by atoms with Gasteiger partial charge in [-0.2, -0.15) is 0 Å². The van der Waals surface area contributed by atoms with E-state index >= 15 is 0 Å². The average molecular weight is 555 g/mol. The number of hydrogen-bond donors (Lipinski definition) is 3. The fourth-order valence-corrected chi connectivity index (χ4v) is 5.19. The van der Waals surface area contributed by atoms with Gasteiger partial charge in [0.2, 0.25) is 5.91 Å². The fraction of sp³-hybridized carbons (Fsp3) is 0.0345. The first-order valence-corrected chi connectivity index (χ1v) is 13.6. The number of aromatic nitrogens is 1. The van der Waals surface area contributed by atoms with Gasteiger partial charge in [-0.05, 0) is 54.6 Å². The van der Waals surface area contributed by atoms with Crippen LogP contribution < -0.4 is 16.0 Å². The molecule has 0 unspecified atom stereocenters. The molecule has 39 heavy (non-hydrogen) atoms. The van der Waals surface area contributed by atoms with E-state index in [0.29, 0.717) is 22.1 Å². The van der Waals surface area contributed by atoms with Crippen molar-refractivity contribution in [1.29, 1.82) is 0 Å². The number of furan rings is 1. The first kappa shape index (κ1) is 26.0. The lowest BCUT2D eigenvalue weighted by Crippen LogP contribution is -2.30. The lowest BCUT2D eigenvalue weighted by Gasteiger charge is -2.12. The Hall–Kier alpha value is -4.67. The van der Waals surface area contributed by atoms with E-state index < -0.39 is 11.8 Å². The number of benzene rings is 3. The second-order valence-corrected chi connectivity index (χ2v) is 10.3. The molecule has 0 aliphatic heterocycles. The molecule has 3 aromatic carbocycles. The van der Waals surface area contributed by atoms with Crippen molar-refractivity contribution in [1.82, 2.24) is 10.3 Å². The number of rotatable bonds is 9. The monoisotopic (exact) mass is 554 g/mol. The van der Waals surface area contributed by atoms with Crippen molar-refractivity contribution in [3.05, 3.63) is 114 Å². The predicted molar refractivity (Wildman–Crippen MR) is 155 cm³/mol. The van der Waals surface area contributed by atoms with Gasteiger partial charge >= 0.3 is 0 Å². The highest BCUT2D eigenvalue weighted by Crippen LogP contribution is 2.26. The van der Waals surface area contributed by atoms with Crippen molar-refractivity contribution < 1.29 is 18.8 Å². The van der Waals surface area contributed by atoms with E-state index in [-0.39, 0.29) is 17.4 Å². The molecule has 8 nitrogen and oxygen atoms in total. The zero-order chi connectivity index (χ0) is 27.0. The molecule has 0 radical (unpaired) electrons. The summed E-state index contributed by atoms with van der Waals surface area (Å²) in [4.78, 5) is 43.6. The maximum absolute atomic E-state index is 13.1. The molecule has 3 N–H and O–H groups in total. The summed E-state index contributed by atoms with van der Waals surface area (Å²) in [5, 5.41) is 8.86. The highest BCUT2D eigenvalue weighted by atomic mass is 32.2. The smallest absolute Gasteiger partial charge is 0.272 e. The van der Waals surface area contributed by atoms with E-state index in [1.54, 1.807) is 60.7 Å². The fourth-order valence-electron chi connectivity index (χ4n) is 3.55. The molecule has 3 amide bonds. The number of carbonyl (C=O) groups is 3. The minimum Gasteiger partial charge on any atom is -0.465 e. The van der Waals surface area contributed by atoms with Crippen molar-refractivity contribution in [3.8, 4) is 0 Å². The molecular weight excluding hydrogens is 532 g/mol. The van der Waals surface area contributed by atoms with E-state index in [1.807, 2.05) is 30.3 Å². The van der Waals surface area contributed by atoms with E-state index in [1.165, 1.54) is 35.4 Å². The van der Waals surface area contributed by atoms with E-state index in [4.69, 9.17) is 4.42 Å². The minimum absolute atomic E-state index is 0.0204. The number of thioether (sulfide) groups is 1. The molecule has 0 saturated carbocycles. The normalized spacial score (nSPS) is 11.2. The van der Waals surface area contributed by atoms with Crippen LogP contribution in [0, 0.1) is 0 Å². The van der Waals surface area contributed by atoms with Crippen molar-refractivity contribution in [2.75, 3.05) is 16.4 Å². The number of para-hydroxylation sites is 1. The lowest BCUT2D eigenvalue weighted by atomic mass is 10.2. The van der Waals surface area contributed by atoms with Gasteiger partial charge in [-0.25, -0.2) is 4.98 Å². The highest BCUT2D eigenvalue weighted by Gasteiger charge is 2.16. The summed E-state index contributed by atoms with van der Waals surface area (Å²) < 4.78 is 6.34. The molecule has 5 rings (SSSR count). The Kier molecular flexibility index (Phi) is 8.15. The summed E-state index contributed by atoms with van der Waals surface area (Å²) in [7, 11) is 0. The van der Waals surface area contributed by atoms with Crippen LogP contribution in [0.2, 0.25) is 0 Å². The number of fused-ring (bicyclic) bond motifs is 1. The van der Waals surface area contributed by atoms with Gasteiger partial charge < -0.3 is 20.4 Å². The minimum atomic E-state index is -0.522. The molecule has 194 valence electrons. The van der Waals surface area contributed by atoms with Crippen LogP contribution in [0.1, 0.15) is 16.1 Å². The van der Waals surface area contributed by atoms with Crippen LogP contribution in [0.4, 0.5) is 10.8 Å². The third-order valence-electron chi connectivity index (χ3n) is 5.36. The molecule has 0 aliphatic rings. The van der Waals surface area contributed by atoms with Gasteiger partial charge in [-0.1, -0.05) is 47.7 Å². The number of nitrogens with zero attached hydrogens (tertiary/aromatic N) is 1. The van der Waals surface area contributed by atoms with E-state index in [2.05, 4.69) is 20.9 Å². The molecule has 0 atom stereocenters. The largest absolute Gasteiger partial charge is 0.465 e. The number of hydrogen-bond acceptors (Lipinski definition) is 7. The summed E-state index contributed by atoms with van der Waals surface area (Å²) in [6, 6.07) is 26.8. The summed E-state index contributed by atoms with van der Waals surface area (Å²) in [5.74, 6) is -0.541. The van der Waals surface area contributed by atoms with Crippen LogP contribution in [-0.4, -0.2) is 28.5 Å². The Morgan fingerprint density at radius 2 is 1.72 bits per heavy atom. The molecule has 0 saturated heterocycles. The van der Waals surface area contributed by atoms with Crippen LogP contribution in [0.5, 0.6) is 0 Å². The van der Waals surface area contributed by atoms with E-state index in [0.717, 1.165) is 15.1 Å². The second-order valence-electron chi connectivity index (χ2n) is 8.20. The number of anilines is 2. The molecule has 0 spiro atoms. The molecule has 2 aromatic heterocycles. The van der Waals surface area contributed by atoms with Gasteiger partial charge in [-0.3, -0.25) is 14.4 Å². The molecule has 0 aliphatic carbocycles. The van der Waals surface area contributed by atoms with Crippen LogP contribution in [0.15, 0.2) is 112 Å². The zero-order valence-corrected chi connectivity index (χ0v) is 22.1. The quantitative estimate of drug-likeness (QED) is 0.151. The van der Waals surface area contributed by atoms with E-state index in [9.17, 15) is 14.4 Å². The number of carbonyl (C=O) groups excluding carboxylic acids is 3. The van der Waals surface area contributed by atoms with Crippen molar-refractivity contribution in [3.63, 3.8) is 0 Å². The van der Waals surface area contributed by atoms with Crippen LogP contribution in [0.3, 0.4) is 0 Å². The van der Waals surface area contributed by atoms with Gasteiger partial charge in [0.25, 0.3) is 11.8 Å². The van der Waals surface area contributed by atoms with Crippen molar-refractivity contribution in [2.24, 2.45) is 0 Å². The topological polar surface area (TPSA) is 113 Å². The zero-order valence-electron chi connectivity index (χ0n) is 20.4. The average Bonchev–Trinajstić information content (AvgIpc) is 3.61. The number of amides is 3. The Balaban J connectivity index is 1.22. The highest BCUT2D eigenvalue weighted by molar-refractivity contribution is 8.00. The predicted octanol–water partition coefficient (Wildman–Crippen LogP) is 6.03. The molecule has 10 heteroatoms. The second kappa shape index (κ2) is 12.2. The molecule has 2 heterocycles. The van der Waals surface area contributed by atoms with Gasteiger partial charge in [0, 0.05) is 22.2 Å². The van der Waals surface area contributed by atoms with Crippen LogP contribution >= 0.6 is 23.1 Å².